The van der Waals surface area contributed by atoms with Crippen molar-refractivity contribution in [2.24, 2.45) is 5.92 Å². The van der Waals surface area contributed by atoms with Gasteiger partial charge < -0.3 is 15.0 Å². The maximum atomic E-state index is 12.5. The van der Waals surface area contributed by atoms with E-state index in [1.807, 2.05) is 16.7 Å². The molecule has 2 saturated heterocycles. The summed E-state index contributed by atoms with van der Waals surface area (Å²) in [6, 6.07) is 0.479. The molecule has 1 atom stereocenters. The van der Waals surface area contributed by atoms with Crippen LogP contribution in [0.25, 0.3) is 0 Å². The summed E-state index contributed by atoms with van der Waals surface area (Å²) in [5.74, 6) is 1.55. The number of ether oxygens (including phenoxy) is 1. The van der Waals surface area contributed by atoms with Gasteiger partial charge in [0.2, 0.25) is 0 Å². The zero-order chi connectivity index (χ0) is 16.2. The zero-order valence-corrected chi connectivity index (χ0v) is 15.2. The van der Waals surface area contributed by atoms with E-state index in [1.165, 1.54) is 0 Å². The summed E-state index contributed by atoms with van der Waals surface area (Å²) >= 11 is 1.95. The Kier molecular flexibility index (Phi) is 6.41. The Labute approximate surface area is 139 Å². The van der Waals surface area contributed by atoms with E-state index in [2.05, 4.69) is 37.9 Å². The Morgan fingerprint density at radius 2 is 1.95 bits per heavy atom. The molecule has 0 bridgehead atoms. The molecule has 0 saturated carbocycles. The van der Waals surface area contributed by atoms with E-state index in [0.29, 0.717) is 12.0 Å². The van der Waals surface area contributed by atoms with Crippen molar-refractivity contribution in [3.63, 3.8) is 0 Å². The summed E-state index contributed by atoms with van der Waals surface area (Å²) in [5.41, 5.74) is 0. The van der Waals surface area contributed by atoms with E-state index in [1.54, 1.807) is 0 Å². The Balaban J connectivity index is 1.84. The molecule has 1 N–H and O–H groups in total. The van der Waals surface area contributed by atoms with Crippen LogP contribution >= 0.6 is 11.8 Å². The number of hydrogen-bond donors (Lipinski definition) is 1. The van der Waals surface area contributed by atoms with Crippen LogP contribution in [0.3, 0.4) is 0 Å². The molecule has 2 heterocycles. The van der Waals surface area contributed by atoms with Crippen molar-refractivity contribution in [3.8, 4) is 0 Å². The lowest BCUT2D eigenvalue weighted by atomic mass is 10.0. The molecule has 0 aromatic rings. The first-order valence-electron chi connectivity index (χ1n) is 8.37. The number of nitrogens with one attached hydrogen (secondary N) is 1. The molecule has 0 spiro atoms. The van der Waals surface area contributed by atoms with Crippen LogP contribution in [0.5, 0.6) is 0 Å². The van der Waals surface area contributed by atoms with Gasteiger partial charge in [-0.1, -0.05) is 13.8 Å². The first-order chi connectivity index (χ1) is 10.4. The molecule has 2 fully saturated rings. The van der Waals surface area contributed by atoms with Crippen molar-refractivity contribution in [2.75, 3.05) is 51.7 Å². The molecule has 2 amide bonds. The molecule has 2 aliphatic heterocycles. The Morgan fingerprint density at radius 3 is 2.55 bits per heavy atom. The molecular weight excluding hydrogens is 298 g/mol. The minimum Gasteiger partial charge on any atom is -0.379 e. The highest BCUT2D eigenvalue weighted by Gasteiger charge is 2.30. The highest BCUT2D eigenvalue weighted by molar-refractivity contribution is 8.00. The fourth-order valence-corrected chi connectivity index (χ4v) is 4.30. The normalized spacial score (nSPS) is 24.3. The summed E-state index contributed by atoms with van der Waals surface area (Å²) < 4.78 is 5.60. The Bertz CT molecular complexity index is 370. The van der Waals surface area contributed by atoms with Crippen molar-refractivity contribution in [1.82, 2.24) is 15.1 Å². The van der Waals surface area contributed by atoms with E-state index < -0.39 is 0 Å². The van der Waals surface area contributed by atoms with Gasteiger partial charge in [0.1, 0.15) is 0 Å². The van der Waals surface area contributed by atoms with Crippen LogP contribution < -0.4 is 5.32 Å². The molecule has 1 unspecified atom stereocenters. The minimum atomic E-state index is 0.0901. The third kappa shape index (κ3) is 5.03. The van der Waals surface area contributed by atoms with Crippen LogP contribution in [0.4, 0.5) is 4.79 Å². The number of thioether (sulfide) groups is 1. The van der Waals surface area contributed by atoms with Gasteiger partial charge in [0.25, 0.3) is 0 Å². The SMILES string of the molecule is CC(C)C(CNC(=O)N1CCSC(C)(C)C1)N1CCOCC1. The van der Waals surface area contributed by atoms with Gasteiger partial charge in [0.15, 0.2) is 0 Å². The van der Waals surface area contributed by atoms with Gasteiger partial charge in [-0.15, -0.1) is 0 Å². The highest BCUT2D eigenvalue weighted by Crippen LogP contribution is 2.29. The zero-order valence-electron chi connectivity index (χ0n) is 14.4. The quantitative estimate of drug-likeness (QED) is 0.855. The lowest BCUT2D eigenvalue weighted by Crippen LogP contribution is -2.55. The smallest absolute Gasteiger partial charge is 0.317 e. The average molecular weight is 330 g/mol. The van der Waals surface area contributed by atoms with E-state index in [-0.39, 0.29) is 10.8 Å². The fourth-order valence-electron chi connectivity index (χ4n) is 3.19. The Morgan fingerprint density at radius 1 is 1.27 bits per heavy atom. The summed E-state index contributed by atoms with van der Waals surface area (Å²) in [5, 5.41) is 3.16. The van der Waals surface area contributed by atoms with Gasteiger partial charge in [-0.25, -0.2) is 4.79 Å². The maximum Gasteiger partial charge on any atom is 0.317 e. The predicted octanol–water partition coefficient (Wildman–Crippen LogP) is 1.88. The first kappa shape index (κ1) is 17.9. The number of rotatable bonds is 4. The topological polar surface area (TPSA) is 44.8 Å². The number of nitrogens with zero attached hydrogens (tertiary/aromatic N) is 2. The molecule has 0 aromatic heterocycles. The van der Waals surface area contributed by atoms with Crippen LogP contribution in [0, 0.1) is 5.92 Å². The van der Waals surface area contributed by atoms with E-state index in [0.717, 1.165) is 51.7 Å². The van der Waals surface area contributed by atoms with E-state index >= 15 is 0 Å². The number of hydrogen-bond acceptors (Lipinski definition) is 4. The predicted molar refractivity (Wildman–Crippen MR) is 92.5 cm³/mol. The lowest BCUT2D eigenvalue weighted by Gasteiger charge is -2.39. The monoisotopic (exact) mass is 329 g/mol. The second-order valence-corrected chi connectivity index (χ2v) is 8.98. The maximum absolute atomic E-state index is 12.5. The fraction of sp³-hybridized carbons (Fsp3) is 0.938. The number of amides is 2. The van der Waals surface area contributed by atoms with Crippen LogP contribution in [-0.2, 0) is 4.74 Å². The summed E-state index contributed by atoms with van der Waals surface area (Å²) in [6.45, 7) is 14.8. The molecular formula is C16H31N3O2S. The van der Waals surface area contributed by atoms with Crippen molar-refractivity contribution in [1.29, 1.82) is 0 Å². The molecule has 0 radical (unpaired) electrons. The highest BCUT2D eigenvalue weighted by atomic mass is 32.2. The summed E-state index contributed by atoms with van der Waals surface area (Å²) in [7, 11) is 0. The van der Waals surface area contributed by atoms with Crippen LogP contribution in [-0.4, -0.2) is 78.3 Å². The van der Waals surface area contributed by atoms with Crippen LogP contribution in [0.1, 0.15) is 27.7 Å². The molecule has 22 heavy (non-hydrogen) atoms. The van der Waals surface area contributed by atoms with Gasteiger partial charge in [-0.05, 0) is 19.8 Å². The third-order valence-corrected chi connectivity index (χ3v) is 5.76. The number of morpholine rings is 1. The minimum absolute atomic E-state index is 0.0901. The molecule has 5 nitrogen and oxygen atoms in total. The number of carbonyl (C=O) groups excluding carboxylic acids is 1. The van der Waals surface area contributed by atoms with Crippen LogP contribution in [0.15, 0.2) is 0 Å². The van der Waals surface area contributed by atoms with Crippen molar-refractivity contribution < 1.29 is 9.53 Å². The summed E-state index contributed by atoms with van der Waals surface area (Å²) in [4.78, 5) is 16.9. The molecule has 0 aromatic carbocycles. The molecule has 2 aliphatic rings. The summed E-state index contributed by atoms with van der Waals surface area (Å²) in [6.07, 6.45) is 0. The Hall–Kier alpha value is -0.460. The van der Waals surface area contributed by atoms with Crippen molar-refractivity contribution in [3.05, 3.63) is 0 Å². The molecule has 6 heteroatoms. The van der Waals surface area contributed by atoms with Crippen molar-refractivity contribution >= 4 is 17.8 Å². The van der Waals surface area contributed by atoms with E-state index in [4.69, 9.17) is 4.74 Å². The standard InChI is InChI=1S/C16H31N3O2S/c1-13(2)14(18-5-8-21-9-6-18)11-17-15(20)19-7-10-22-16(3,4)12-19/h13-14H,5-12H2,1-4H3,(H,17,20). The molecule has 2 rings (SSSR count). The average Bonchev–Trinajstić information content (AvgIpc) is 2.47. The molecule has 128 valence electrons. The van der Waals surface area contributed by atoms with Gasteiger partial charge in [0, 0.05) is 49.3 Å². The number of carbonyl (C=O) groups is 1. The number of urea groups is 1. The van der Waals surface area contributed by atoms with E-state index in [9.17, 15) is 4.79 Å². The third-order valence-electron chi connectivity index (χ3n) is 4.46. The van der Waals surface area contributed by atoms with Gasteiger partial charge >= 0.3 is 6.03 Å². The second kappa shape index (κ2) is 7.88. The van der Waals surface area contributed by atoms with Gasteiger partial charge in [-0.3, -0.25) is 4.90 Å². The largest absolute Gasteiger partial charge is 0.379 e. The first-order valence-corrected chi connectivity index (χ1v) is 9.36. The molecule has 0 aliphatic carbocycles. The van der Waals surface area contributed by atoms with Crippen LogP contribution in [0.2, 0.25) is 0 Å². The van der Waals surface area contributed by atoms with Gasteiger partial charge in [0.05, 0.1) is 13.2 Å². The second-order valence-electron chi connectivity index (χ2n) is 7.18. The van der Waals surface area contributed by atoms with Crippen molar-refractivity contribution in [2.45, 2.75) is 38.5 Å². The van der Waals surface area contributed by atoms with Gasteiger partial charge in [-0.2, -0.15) is 11.8 Å². The lowest BCUT2D eigenvalue weighted by molar-refractivity contribution is 0.00693.